The van der Waals surface area contributed by atoms with Crippen LogP contribution < -0.4 is 10.2 Å². The second kappa shape index (κ2) is 6.09. The molecule has 6 heteroatoms. The zero-order valence-electron chi connectivity index (χ0n) is 14.2. The van der Waals surface area contributed by atoms with Gasteiger partial charge in [0.15, 0.2) is 0 Å². The molecule has 0 radical (unpaired) electrons. The number of rotatable bonds is 4. The molecule has 1 N–H and O–H groups in total. The fourth-order valence-corrected chi connectivity index (χ4v) is 3.67. The Kier molecular flexibility index (Phi) is 3.92. The number of nitrogens with zero attached hydrogens (tertiary/aromatic N) is 3. The van der Waals surface area contributed by atoms with Crippen molar-refractivity contribution in [3.05, 3.63) is 24.5 Å². The molecular formula is C18H24N4O2. The molecule has 1 aromatic carbocycles. The predicted octanol–water partition coefficient (Wildman–Crippen LogP) is 2.62. The summed E-state index contributed by atoms with van der Waals surface area (Å²) in [5, 5.41) is 2.97. The van der Waals surface area contributed by atoms with E-state index in [4.69, 9.17) is 4.74 Å². The number of nitrogens with one attached hydrogen (secondary N) is 1. The average Bonchev–Trinajstić information content (AvgIpc) is 3.28. The molecule has 2 aliphatic rings. The highest BCUT2D eigenvalue weighted by atomic mass is 16.5. The normalized spacial score (nSPS) is 22.7. The largest absolute Gasteiger partial charge is 0.374 e. The van der Waals surface area contributed by atoms with Crippen molar-refractivity contribution in [2.75, 3.05) is 24.6 Å². The van der Waals surface area contributed by atoms with E-state index in [9.17, 15) is 4.79 Å². The zero-order chi connectivity index (χ0) is 16.7. The van der Waals surface area contributed by atoms with Crippen LogP contribution in [0.4, 0.5) is 10.5 Å². The minimum Gasteiger partial charge on any atom is -0.374 e. The number of benzene rings is 1. The fourth-order valence-electron chi connectivity index (χ4n) is 3.67. The molecule has 0 aliphatic carbocycles. The lowest BCUT2D eigenvalue weighted by molar-refractivity contribution is 0.0992. The smallest absolute Gasteiger partial charge is 0.327 e. The van der Waals surface area contributed by atoms with Crippen LogP contribution in [0.15, 0.2) is 24.5 Å². The predicted molar refractivity (Wildman–Crippen MR) is 93.5 cm³/mol. The third-order valence-corrected chi connectivity index (χ3v) is 4.98. The Morgan fingerprint density at radius 1 is 1.46 bits per heavy atom. The highest BCUT2D eigenvalue weighted by Crippen LogP contribution is 2.35. The van der Waals surface area contributed by atoms with E-state index in [1.54, 1.807) is 10.9 Å². The molecular weight excluding hydrogens is 304 g/mol. The molecule has 2 aliphatic heterocycles. The van der Waals surface area contributed by atoms with Gasteiger partial charge in [0, 0.05) is 13.1 Å². The lowest BCUT2D eigenvalue weighted by Gasteiger charge is -2.29. The standard InChI is InChI=1S/C18H24N4O2/c1-12(2)6-7-19-18(23)22-11-20-17-15(4-3-5-16(17)22)21-9-14-8-13(21)10-24-14/h3-5,11-14H,6-10H2,1-2H3,(H,19,23)/t13-,14?/m1/s1. The Hall–Kier alpha value is -2.08. The van der Waals surface area contributed by atoms with Crippen molar-refractivity contribution in [3.63, 3.8) is 0 Å². The van der Waals surface area contributed by atoms with Crippen molar-refractivity contribution < 1.29 is 9.53 Å². The quantitative estimate of drug-likeness (QED) is 0.937. The van der Waals surface area contributed by atoms with Crippen molar-refractivity contribution >= 4 is 22.8 Å². The summed E-state index contributed by atoms with van der Waals surface area (Å²) >= 11 is 0. The van der Waals surface area contributed by atoms with E-state index >= 15 is 0 Å². The molecule has 1 unspecified atom stereocenters. The minimum atomic E-state index is -0.110. The molecule has 24 heavy (non-hydrogen) atoms. The molecule has 2 bridgehead atoms. The molecule has 0 saturated carbocycles. The van der Waals surface area contributed by atoms with Crippen molar-refractivity contribution in [2.24, 2.45) is 5.92 Å². The van der Waals surface area contributed by atoms with Gasteiger partial charge in [-0.05, 0) is 30.9 Å². The monoisotopic (exact) mass is 328 g/mol. The van der Waals surface area contributed by atoms with Crippen LogP contribution in [0.5, 0.6) is 0 Å². The van der Waals surface area contributed by atoms with Gasteiger partial charge in [-0.2, -0.15) is 0 Å². The summed E-state index contributed by atoms with van der Waals surface area (Å²) in [4.78, 5) is 19.3. The van der Waals surface area contributed by atoms with Crippen molar-refractivity contribution in [1.29, 1.82) is 0 Å². The van der Waals surface area contributed by atoms with Gasteiger partial charge in [0.2, 0.25) is 0 Å². The van der Waals surface area contributed by atoms with Gasteiger partial charge >= 0.3 is 6.03 Å². The van der Waals surface area contributed by atoms with Crippen LogP contribution in [0.25, 0.3) is 11.0 Å². The molecule has 2 atom stereocenters. The van der Waals surface area contributed by atoms with Crippen molar-refractivity contribution in [1.82, 2.24) is 14.9 Å². The SMILES string of the molecule is CC(C)CCNC(=O)n1cnc2c(N3CC4C[C@@H]3CO4)cccc21. The van der Waals surface area contributed by atoms with E-state index in [2.05, 4.69) is 35.1 Å². The number of morpholine rings is 1. The summed E-state index contributed by atoms with van der Waals surface area (Å²) in [5.74, 6) is 0.573. The van der Waals surface area contributed by atoms with Gasteiger partial charge in [-0.1, -0.05) is 19.9 Å². The lowest BCUT2D eigenvalue weighted by Crippen LogP contribution is -2.37. The van der Waals surface area contributed by atoms with Crippen LogP contribution in [0, 0.1) is 5.92 Å². The van der Waals surface area contributed by atoms with Crippen LogP contribution in [-0.2, 0) is 4.74 Å². The Morgan fingerprint density at radius 3 is 3.04 bits per heavy atom. The molecule has 2 fully saturated rings. The lowest BCUT2D eigenvalue weighted by atomic mass is 10.1. The molecule has 3 heterocycles. The Labute approximate surface area is 141 Å². The first kappa shape index (κ1) is 15.4. The second-order valence-electron chi connectivity index (χ2n) is 7.17. The first-order valence-electron chi connectivity index (χ1n) is 8.76. The van der Waals surface area contributed by atoms with E-state index in [1.807, 2.05) is 12.1 Å². The van der Waals surface area contributed by atoms with Gasteiger partial charge in [-0.15, -0.1) is 0 Å². The molecule has 4 rings (SSSR count). The number of anilines is 1. The Balaban J connectivity index is 1.58. The van der Waals surface area contributed by atoms with Gasteiger partial charge < -0.3 is 15.0 Å². The fraction of sp³-hybridized carbons (Fsp3) is 0.556. The maximum atomic E-state index is 12.4. The summed E-state index contributed by atoms with van der Waals surface area (Å²) in [6, 6.07) is 6.38. The number of amides is 1. The number of carbonyl (C=O) groups excluding carboxylic acids is 1. The molecule has 0 spiro atoms. The summed E-state index contributed by atoms with van der Waals surface area (Å²) < 4.78 is 7.31. The third-order valence-electron chi connectivity index (χ3n) is 4.98. The summed E-state index contributed by atoms with van der Waals surface area (Å²) in [6.45, 7) is 6.69. The van der Waals surface area contributed by atoms with Gasteiger partial charge in [-0.25, -0.2) is 9.78 Å². The van der Waals surface area contributed by atoms with Gasteiger partial charge in [-0.3, -0.25) is 4.57 Å². The summed E-state index contributed by atoms with van der Waals surface area (Å²) in [5.41, 5.74) is 2.86. The highest BCUT2D eigenvalue weighted by molar-refractivity contribution is 5.95. The van der Waals surface area contributed by atoms with Gasteiger partial charge in [0.25, 0.3) is 0 Å². The van der Waals surface area contributed by atoms with E-state index in [1.165, 1.54) is 0 Å². The van der Waals surface area contributed by atoms with Crippen LogP contribution in [0.2, 0.25) is 0 Å². The van der Waals surface area contributed by atoms with Crippen molar-refractivity contribution in [3.8, 4) is 0 Å². The molecule has 1 amide bonds. The average molecular weight is 328 g/mol. The number of carbonyl (C=O) groups is 1. The van der Waals surface area contributed by atoms with Crippen LogP contribution in [0.1, 0.15) is 26.7 Å². The van der Waals surface area contributed by atoms with Crippen LogP contribution >= 0.6 is 0 Å². The topological polar surface area (TPSA) is 59.4 Å². The summed E-state index contributed by atoms with van der Waals surface area (Å²) in [6.07, 6.45) is 4.03. The van der Waals surface area contributed by atoms with Gasteiger partial charge in [0.05, 0.1) is 30.0 Å². The third kappa shape index (κ3) is 2.65. The number of ether oxygens (including phenoxy) is 1. The second-order valence-corrected chi connectivity index (χ2v) is 7.17. The number of aromatic nitrogens is 2. The number of hydrogen-bond acceptors (Lipinski definition) is 4. The molecule has 2 saturated heterocycles. The highest BCUT2D eigenvalue weighted by Gasteiger charge is 2.39. The Morgan fingerprint density at radius 2 is 2.33 bits per heavy atom. The number of para-hydroxylation sites is 1. The maximum Gasteiger partial charge on any atom is 0.327 e. The zero-order valence-corrected chi connectivity index (χ0v) is 14.2. The summed E-state index contributed by atoms with van der Waals surface area (Å²) in [7, 11) is 0. The number of fused-ring (bicyclic) bond motifs is 3. The minimum absolute atomic E-state index is 0.110. The first-order valence-corrected chi connectivity index (χ1v) is 8.76. The molecule has 1 aromatic heterocycles. The van der Waals surface area contributed by atoms with Crippen molar-refractivity contribution in [2.45, 2.75) is 38.8 Å². The molecule has 6 nitrogen and oxygen atoms in total. The molecule has 128 valence electrons. The van der Waals surface area contributed by atoms with E-state index < -0.39 is 0 Å². The van der Waals surface area contributed by atoms with E-state index in [-0.39, 0.29) is 6.03 Å². The number of imidazole rings is 1. The number of hydrogen-bond donors (Lipinski definition) is 1. The Bertz CT molecular complexity index is 755. The maximum absolute atomic E-state index is 12.4. The van der Waals surface area contributed by atoms with Crippen LogP contribution in [0.3, 0.4) is 0 Å². The molecule has 2 aromatic rings. The van der Waals surface area contributed by atoms with Gasteiger partial charge in [0.1, 0.15) is 11.8 Å². The van der Waals surface area contributed by atoms with E-state index in [0.29, 0.717) is 24.6 Å². The van der Waals surface area contributed by atoms with E-state index in [0.717, 1.165) is 42.7 Å². The first-order chi connectivity index (χ1) is 11.6. The van der Waals surface area contributed by atoms with Crippen LogP contribution in [-0.4, -0.2) is 47.4 Å².